The number of ether oxygens (including phenoxy) is 1. The van der Waals surface area contributed by atoms with E-state index in [4.69, 9.17) is 9.72 Å². The van der Waals surface area contributed by atoms with Crippen LogP contribution in [0.4, 0.5) is 5.82 Å². The Kier molecular flexibility index (Phi) is 5.02. The largest absolute Gasteiger partial charge is 0.496 e. The third kappa shape index (κ3) is 3.39. The molecule has 1 N–H and O–H groups in total. The van der Waals surface area contributed by atoms with E-state index in [9.17, 15) is 0 Å². The van der Waals surface area contributed by atoms with Crippen LogP contribution in [0.1, 0.15) is 34.3 Å². The average molecular weight is 383 g/mol. The number of aryl methyl sites for hydroxylation is 3. The molecule has 142 valence electrons. The maximum Gasteiger partial charge on any atom is 0.138 e. The average Bonchev–Trinajstić information content (AvgIpc) is 3.22. The molecule has 0 amide bonds. The Bertz CT molecular complexity index is 966. The third-order valence-electron chi connectivity index (χ3n) is 5.26. The Morgan fingerprint density at radius 1 is 1.22 bits per heavy atom. The first-order valence-electron chi connectivity index (χ1n) is 9.40. The summed E-state index contributed by atoms with van der Waals surface area (Å²) in [5.74, 6) is 2.71. The number of benzene rings is 1. The monoisotopic (exact) mass is 382 g/mol. The number of fused-ring (bicyclic) bond motifs is 3. The number of nitrogens with zero attached hydrogens (tertiary/aromatic N) is 3. The molecule has 0 fully saturated rings. The van der Waals surface area contributed by atoms with Crippen molar-refractivity contribution >= 4 is 27.4 Å². The summed E-state index contributed by atoms with van der Waals surface area (Å²) in [5.41, 5.74) is 2.63. The molecule has 2 heterocycles. The van der Waals surface area contributed by atoms with Gasteiger partial charge in [0.25, 0.3) is 0 Å². The van der Waals surface area contributed by atoms with Gasteiger partial charge < -0.3 is 15.0 Å². The molecule has 3 aromatic rings. The number of para-hydroxylation sites is 1. The molecule has 1 aliphatic rings. The number of rotatable bonds is 6. The molecule has 0 aliphatic heterocycles. The van der Waals surface area contributed by atoms with Crippen molar-refractivity contribution in [2.45, 2.75) is 32.2 Å². The fourth-order valence-corrected chi connectivity index (χ4v) is 5.24. The van der Waals surface area contributed by atoms with E-state index in [0.717, 1.165) is 35.2 Å². The minimum absolute atomic E-state index is 0.179. The quantitative estimate of drug-likeness (QED) is 0.692. The first-order valence-corrected chi connectivity index (χ1v) is 10.2. The Labute approximate surface area is 164 Å². The lowest BCUT2D eigenvalue weighted by Crippen LogP contribution is -2.27. The number of nitrogens with one attached hydrogen (secondary N) is 1. The molecule has 2 aromatic heterocycles. The Hall–Kier alpha value is -2.18. The zero-order chi connectivity index (χ0) is 19.0. The van der Waals surface area contributed by atoms with Gasteiger partial charge >= 0.3 is 0 Å². The van der Waals surface area contributed by atoms with E-state index in [2.05, 4.69) is 41.4 Å². The summed E-state index contributed by atoms with van der Waals surface area (Å²) < 4.78 is 5.59. The van der Waals surface area contributed by atoms with E-state index >= 15 is 0 Å². The van der Waals surface area contributed by atoms with Crippen molar-refractivity contribution < 1.29 is 4.74 Å². The van der Waals surface area contributed by atoms with Gasteiger partial charge in [0.1, 0.15) is 22.2 Å². The topological polar surface area (TPSA) is 50.3 Å². The second-order valence-electron chi connectivity index (χ2n) is 7.26. The molecular weight excluding hydrogens is 356 g/mol. The lowest BCUT2D eigenvalue weighted by Gasteiger charge is -2.27. The summed E-state index contributed by atoms with van der Waals surface area (Å²) in [4.78, 5) is 14.3. The van der Waals surface area contributed by atoms with Gasteiger partial charge in [0.15, 0.2) is 0 Å². The molecule has 1 aliphatic carbocycles. The van der Waals surface area contributed by atoms with Crippen molar-refractivity contribution in [3.63, 3.8) is 0 Å². The van der Waals surface area contributed by atoms with Gasteiger partial charge in [-0.1, -0.05) is 18.2 Å². The van der Waals surface area contributed by atoms with Crippen LogP contribution in [0.15, 0.2) is 24.3 Å². The summed E-state index contributed by atoms with van der Waals surface area (Å²) in [7, 11) is 5.93. The van der Waals surface area contributed by atoms with E-state index in [1.54, 1.807) is 7.11 Å². The number of aromatic nitrogens is 2. The van der Waals surface area contributed by atoms with Crippen LogP contribution in [0.2, 0.25) is 0 Å². The van der Waals surface area contributed by atoms with Gasteiger partial charge in [-0.05, 0) is 51.9 Å². The number of anilines is 1. The minimum atomic E-state index is 0.179. The smallest absolute Gasteiger partial charge is 0.138 e. The van der Waals surface area contributed by atoms with Crippen LogP contribution in [0, 0.1) is 6.92 Å². The molecule has 0 saturated carbocycles. The zero-order valence-corrected chi connectivity index (χ0v) is 17.2. The summed E-state index contributed by atoms with van der Waals surface area (Å²) in [6.45, 7) is 2.72. The van der Waals surface area contributed by atoms with Crippen molar-refractivity contribution in [3.8, 4) is 5.75 Å². The van der Waals surface area contributed by atoms with Crippen molar-refractivity contribution in [2.24, 2.45) is 0 Å². The number of hydrogen-bond acceptors (Lipinski definition) is 6. The Balaban J connectivity index is 1.67. The predicted octanol–water partition coefficient (Wildman–Crippen LogP) is 4.21. The van der Waals surface area contributed by atoms with Gasteiger partial charge in [0.05, 0.1) is 18.5 Å². The lowest BCUT2D eigenvalue weighted by atomic mass is 10.0. The predicted molar refractivity (Wildman–Crippen MR) is 112 cm³/mol. The lowest BCUT2D eigenvalue weighted by molar-refractivity contribution is 0.300. The summed E-state index contributed by atoms with van der Waals surface area (Å²) in [6.07, 6.45) is 3.56. The standard InChI is InChI=1S/C21H26N4OS/c1-13-23-20(19-15-9-7-11-18(15)27-21(19)24-13)22-12-16(25(2)3)14-8-5-6-10-17(14)26-4/h5-6,8,10,16H,7,9,11-12H2,1-4H3,(H,22,23,24)/t16-/m0/s1. The van der Waals surface area contributed by atoms with Gasteiger partial charge in [0.2, 0.25) is 0 Å². The van der Waals surface area contributed by atoms with Crippen LogP contribution >= 0.6 is 11.3 Å². The number of methoxy groups -OCH3 is 1. The van der Waals surface area contributed by atoms with E-state index in [1.807, 2.05) is 30.4 Å². The Morgan fingerprint density at radius 3 is 2.81 bits per heavy atom. The molecule has 6 heteroatoms. The van der Waals surface area contributed by atoms with Gasteiger partial charge in [-0.3, -0.25) is 0 Å². The maximum atomic E-state index is 5.59. The molecule has 0 radical (unpaired) electrons. The second kappa shape index (κ2) is 7.44. The van der Waals surface area contributed by atoms with E-state index in [0.29, 0.717) is 0 Å². The Morgan fingerprint density at radius 2 is 2.04 bits per heavy atom. The van der Waals surface area contributed by atoms with Crippen molar-refractivity contribution in [1.82, 2.24) is 14.9 Å². The summed E-state index contributed by atoms with van der Waals surface area (Å²) >= 11 is 1.84. The highest BCUT2D eigenvalue weighted by molar-refractivity contribution is 7.19. The van der Waals surface area contributed by atoms with Crippen molar-refractivity contribution in [2.75, 3.05) is 33.1 Å². The first-order chi connectivity index (χ1) is 13.1. The number of hydrogen-bond donors (Lipinski definition) is 1. The van der Waals surface area contributed by atoms with Crippen molar-refractivity contribution in [3.05, 3.63) is 46.1 Å². The normalized spacial score (nSPS) is 14.6. The molecule has 4 rings (SSSR count). The van der Waals surface area contributed by atoms with Crippen LogP contribution in [-0.2, 0) is 12.8 Å². The fourth-order valence-electron chi connectivity index (χ4n) is 3.94. The molecule has 27 heavy (non-hydrogen) atoms. The van der Waals surface area contributed by atoms with E-state index in [-0.39, 0.29) is 6.04 Å². The van der Waals surface area contributed by atoms with Crippen LogP contribution in [0.3, 0.4) is 0 Å². The zero-order valence-electron chi connectivity index (χ0n) is 16.4. The van der Waals surface area contributed by atoms with Crippen LogP contribution < -0.4 is 10.1 Å². The highest BCUT2D eigenvalue weighted by Gasteiger charge is 2.23. The van der Waals surface area contributed by atoms with Crippen LogP contribution in [0.25, 0.3) is 10.2 Å². The maximum absolute atomic E-state index is 5.59. The second-order valence-corrected chi connectivity index (χ2v) is 8.34. The third-order valence-corrected chi connectivity index (χ3v) is 6.45. The van der Waals surface area contributed by atoms with E-state index < -0.39 is 0 Å². The molecule has 0 bridgehead atoms. The van der Waals surface area contributed by atoms with Crippen LogP contribution in [-0.4, -0.2) is 42.6 Å². The molecule has 5 nitrogen and oxygen atoms in total. The first kappa shape index (κ1) is 18.2. The summed E-state index contributed by atoms with van der Waals surface area (Å²) in [5, 5.41) is 4.87. The van der Waals surface area contributed by atoms with E-state index in [1.165, 1.54) is 34.2 Å². The molecule has 0 saturated heterocycles. The van der Waals surface area contributed by atoms with Crippen molar-refractivity contribution in [1.29, 1.82) is 0 Å². The van der Waals surface area contributed by atoms with Gasteiger partial charge in [-0.15, -0.1) is 11.3 Å². The molecule has 0 unspecified atom stereocenters. The fraction of sp³-hybridized carbons (Fsp3) is 0.429. The van der Waals surface area contributed by atoms with Gasteiger partial charge in [-0.2, -0.15) is 0 Å². The minimum Gasteiger partial charge on any atom is -0.496 e. The molecule has 1 aromatic carbocycles. The molecular formula is C21H26N4OS. The van der Waals surface area contributed by atoms with Gasteiger partial charge in [-0.25, -0.2) is 9.97 Å². The number of thiophene rings is 1. The SMILES string of the molecule is COc1ccccc1[C@H](CNc1nc(C)nc2sc3c(c12)CCC3)N(C)C. The number of likely N-dealkylation sites (N-methyl/N-ethyl adjacent to an activating group) is 1. The molecule has 1 atom stereocenters. The van der Waals surface area contributed by atoms with Gasteiger partial charge in [0, 0.05) is 17.0 Å². The highest BCUT2D eigenvalue weighted by Crippen LogP contribution is 2.39. The van der Waals surface area contributed by atoms with Crippen LogP contribution in [0.5, 0.6) is 5.75 Å². The summed E-state index contributed by atoms with van der Waals surface area (Å²) in [6, 6.07) is 8.40. The highest BCUT2D eigenvalue weighted by atomic mass is 32.1. The molecule has 0 spiro atoms.